The Labute approximate surface area is 169 Å². The number of benzene rings is 1. The minimum absolute atomic E-state index is 0.281. The van der Waals surface area contributed by atoms with Gasteiger partial charge in [0.1, 0.15) is 5.69 Å². The van der Waals surface area contributed by atoms with E-state index in [0.29, 0.717) is 18.8 Å². The van der Waals surface area contributed by atoms with Crippen molar-refractivity contribution in [2.24, 2.45) is 0 Å². The molecule has 7 heteroatoms. The van der Waals surface area contributed by atoms with Crippen molar-refractivity contribution < 1.29 is 9.59 Å². The fraction of sp³-hybridized carbons (Fsp3) is 0.273. The molecule has 2 amide bonds. The summed E-state index contributed by atoms with van der Waals surface area (Å²) in [5, 5.41) is 5.79. The molecular weight excluding hydrogens is 366 g/mol. The number of hydrogen-bond donors (Lipinski definition) is 2. The summed E-state index contributed by atoms with van der Waals surface area (Å²) < 4.78 is 1.88. The molecule has 2 N–H and O–H groups in total. The summed E-state index contributed by atoms with van der Waals surface area (Å²) in [7, 11) is 0. The molecule has 0 atom stereocenters. The van der Waals surface area contributed by atoms with E-state index < -0.39 is 0 Å². The van der Waals surface area contributed by atoms with E-state index in [1.54, 1.807) is 6.20 Å². The van der Waals surface area contributed by atoms with E-state index in [1.807, 2.05) is 54.0 Å². The summed E-state index contributed by atoms with van der Waals surface area (Å²) in [6, 6.07) is 13.1. The normalized spacial score (nSPS) is 12.9. The van der Waals surface area contributed by atoms with Gasteiger partial charge < -0.3 is 15.2 Å². The molecule has 0 spiro atoms. The molecule has 3 aromatic rings. The second kappa shape index (κ2) is 8.26. The first-order valence-electron chi connectivity index (χ1n) is 9.78. The van der Waals surface area contributed by atoms with Crippen LogP contribution in [-0.4, -0.2) is 26.3 Å². The molecule has 4 rings (SSSR count). The molecule has 0 unspecified atom stereocenters. The van der Waals surface area contributed by atoms with Crippen LogP contribution in [0, 0.1) is 6.92 Å². The molecule has 148 valence electrons. The summed E-state index contributed by atoms with van der Waals surface area (Å²) in [6.45, 7) is 2.94. The minimum atomic E-state index is -0.300. The van der Waals surface area contributed by atoms with Crippen LogP contribution in [0.4, 0.5) is 5.69 Å². The summed E-state index contributed by atoms with van der Waals surface area (Å²) >= 11 is 0. The van der Waals surface area contributed by atoms with Crippen molar-refractivity contribution in [1.29, 1.82) is 0 Å². The number of pyridine rings is 1. The van der Waals surface area contributed by atoms with Crippen LogP contribution in [0.5, 0.6) is 0 Å². The van der Waals surface area contributed by atoms with Gasteiger partial charge in [0.25, 0.3) is 11.8 Å². The molecule has 7 nitrogen and oxygen atoms in total. The third-order valence-electron chi connectivity index (χ3n) is 5.09. The predicted octanol–water partition coefficient (Wildman–Crippen LogP) is 3.11. The van der Waals surface area contributed by atoms with Gasteiger partial charge in [-0.2, -0.15) is 0 Å². The Morgan fingerprint density at radius 2 is 1.90 bits per heavy atom. The second-order valence-corrected chi connectivity index (χ2v) is 7.11. The van der Waals surface area contributed by atoms with E-state index in [-0.39, 0.29) is 17.6 Å². The van der Waals surface area contributed by atoms with Crippen molar-refractivity contribution in [3.05, 3.63) is 77.1 Å². The topological polar surface area (TPSA) is 88.9 Å². The van der Waals surface area contributed by atoms with Gasteiger partial charge in [0.15, 0.2) is 5.82 Å². The van der Waals surface area contributed by atoms with Crippen LogP contribution in [0.3, 0.4) is 0 Å². The molecule has 0 bridgehead atoms. The number of nitrogens with zero attached hydrogens (tertiary/aromatic N) is 3. The van der Waals surface area contributed by atoms with E-state index in [2.05, 4.69) is 20.6 Å². The number of carbonyl (C=O) groups is 2. The maximum atomic E-state index is 12.9. The van der Waals surface area contributed by atoms with Gasteiger partial charge in [-0.15, -0.1) is 0 Å². The van der Waals surface area contributed by atoms with E-state index >= 15 is 0 Å². The van der Waals surface area contributed by atoms with Gasteiger partial charge in [0.2, 0.25) is 0 Å². The van der Waals surface area contributed by atoms with Gasteiger partial charge >= 0.3 is 0 Å². The van der Waals surface area contributed by atoms with E-state index in [1.165, 1.54) is 0 Å². The lowest BCUT2D eigenvalue weighted by Crippen LogP contribution is -2.25. The largest absolute Gasteiger partial charge is 0.345 e. The first-order valence-corrected chi connectivity index (χ1v) is 9.78. The molecule has 1 aliphatic heterocycles. The summed E-state index contributed by atoms with van der Waals surface area (Å²) in [4.78, 5) is 34.4. The number of hydrogen-bond acceptors (Lipinski definition) is 4. The standard InChI is InChI=1S/C22H23N5O2/c1-15-8-2-3-10-17(15)25-22(29)20-26-19(18-11-5-7-13-27(18)20)21(28)24-14-16-9-4-6-12-23-16/h2-4,6,8-10,12H,5,7,11,13-14H2,1H3,(H,24,28)(H,25,29). The van der Waals surface area contributed by atoms with Crippen LogP contribution >= 0.6 is 0 Å². The quantitative estimate of drug-likeness (QED) is 0.702. The maximum absolute atomic E-state index is 12.9. The van der Waals surface area contributed by atoms with E-state index in [9.17, 15) is 9.59 Å². The Morgan fingerprint density at radius 3 is 2.69 bits per heavy atom. The minimum Gasteiger partial charge on any atom is -0.345 e. The third kappa shape index (κ3) is 4.03. The molecule has 0 aliphatic carbocycles. The first kappa shape index (κ1) is 18.9. The zero-order valence-corrected chi connectivity index (χ0v) is 16.3. The molecule has 0 fully saturated rings. The Hall–Kier alpha value is -3.48. The SMILES string of the molecule is Cc1ccccc1NC(=O)c1nc(C(=O)NCc2ccccn2)c2n1CCCC2. The van der Waals surface area contributed by atoms with Crippen molar-refractivity contribution in [3.63, 3.8) is 0 Å². The van der Waals surface area contributed by atoms with Crippen molar-refractivity contribution >= 4 is 17.5 Å². The van der Waals surface area contributed by atoms with Gasteiger partial charge in [0, 0.05) is 18.4 Å². The molecular formula is C22H23N5O2. The number of amides is 2. The molecule has 0 saturated carbocycles. The molecule has 2 aromatic heterocycles. The van der Waals surface area contributed by atoms with Crippen LogP contribution < -0.4 is 10.6 Å². The lowest BCUT2D eigenvalue weighted by molar-refractivity contribution is 0.0944. The Kier molecular flexibility index (Phi) is 5.37. The lowest BCUT2D eigenvalue weighted by atomic mass is 10.1. The Morgan fingerprint density at radius 1 is 1.07 bits per heavy atom. The molecule has 3 heterocycles. The highest BCUT2D eigenvalue weighted by molar-refractivity contribution is 6.04. The van der Waals surface area contributed by atoms with Crippen molar-refractivity contribution in [3.8, 4) is 0 Å². The Balaban J connectivity index is 1.57. The zero-order valence-electron chi connectivity index (χ0n) is 16.3. The fourth-order valence-electron chi connectivity index (χ4n) is 3.55. The average Bonchev–Trinajstić information content (AvgIpc) is 3.14. The number of imidazole rings is 1. The number of rotatable bonds is 5. The molecule has 1 aromatic carbocycles. The van der Waals surface area contributed by atoms with E-state index in [0.717, 1.165) is 41.9 Å². The summed E-state index contributed by atoms with van der Waals surface area (Å²) in [5.41, 5.74) is 3.64. The van der Waals surface area contributed by atoms with Crippen molar-refractivity contribution in [1.82, 2.24) is 19.9 Å². The van der Waals surface area contributed by atoms with Crippen LogP contribution in [0.25, 0.3) is 0 Å². The summed E-state index contributed by atoms with van der Waals surface area (Å²) in [6.07, 6.45) is 4.36. The lowest BCUT2D eigenvalue weighted by Gasteiger charge is -2.17. The van der Waals surface area contributed by atoms with Crippen LogP contribution in [0.2, 0.25) is 0 Å². The molecule has 29 heavy (non-hydrogen) atoms. The molecule has 0 radical (unpaired) electrons. The predicted molar refractivity (Wildman–Crippen MR) is 110 cm³/mol. The average molecular weight is 389 g/mol. The fourth-order valence-corrected chi connectivity index (χ4v) is 3.55. The maximum Gasteiger partial charge on any atom is 0.291 e. The third-order valence-corrected chi connectivity index (χ3v) is 5.09. The van der Waals surface area contributed by atoms with Gasteiger partial charge in [-0.1, -0.05) is 24.3 Å². The highest BCUT2D eigenvalue weighted by Gasteiger charge is 2.27. The highest BCUT2D eigenvalue weighted by Crippen LogP contribution is 2.22. The number of anilines is 1. The monoisotopic (exact) mass is 389 g/mol. The van der Waals surface area contributed by atoms with E-state index in [4.69, 9.17) is 0 Å². The van der Waals surface area contributed by atoms with Crippen molar-refractivity contribution in [2.45, 2.75) is 39.3 Å². The number of aromatic nitrogens is 3. The molecule has 0 saturated heterocycles. The Bertz CT molecular complexity index is 1040. The van der Waals surface area contributed by atoms with Gasteiger partial charge in [0.05, 0.1) is 17.9 Å². The number of carbonyl (C=O) groups excluding carboxylic acids is 2. The summed E-state index contributed by atoms with van der Waals surface area (Å²) in [5.74, 6) is -0.298. The number of fused-ring (bicyclic) bond motifs is 1. The smallest absolute Gasteiger partial charge is 0.291 e. The van der Waals surface area contributed by atoms with Crippen LogP contribution in [0.15, 0.2) is 48.7 Å². The number of nitrogens with one attached hydrogen (secondary N) is 2. The first-order chi connectivity index (χ1) is 14.1. The number of para-hydroxylation sites is 1. The second-order valence-electron chi connectivity index (χ2n) is 7.11. The highest BCUT2D eigenvalue weighted by atomic mass is 16.2. The molecule has 1 aliphatic rings. The van der Waals surface area contributed by atoms with Gasteiger partial charge in [-0.05, 0) is 49.9 Å². The van der Waals surface area contributed by atoms with Gasteiger partial charge in [-0.25, -0.2) is 4.98 Å². The zero-order chi connectivity index (χ0) is 20.2. The van der Waals surface area contributed by atoms with Gasteiger partial charge in [-0.3, -0.25) is 14.6 Å². The van der Waals surface area contributed by atoms with Crippen LogP contribution in [-0.2, 0) is 19.5 Å². The van der Waals surface area contributed by atoms with Crippen LogP contribution in [0.1, 0.15) is 50.9 Å². The number of aryl methyl sites for hydroxylation is 1. The van der Waals surface area contributed by atoms with Crippen molar-refractivity contribution in [2.75, 3.05) is 5.32 Å².